The summed E-state index contributed by atoms with van der Waals surface area (Å²) in [5.41, 5.74) is 0.511. The van der Waals surface area contributed by atoms with Gasteiger partial charge in [-0.05, 0) is 30.0 Å². The number of aryl methyl sites for hydroxylation is 1. The highest BCUT2D eigenvalue weighted by atomic mass is 32.1. The van der Waals surface area contributed by atoms with E-state index in [4.69, 9.17) is 12.2 Å². The average Bonchev–Trinajstić information content (AvgIpc) is 2.54. The van der Waals surface area contributed by atoms with Gasteiger partial charge in [-0.3, -0.25) is 5.10 Å². The lowest BCUT2D eigenvalue weighted by Crippen LogP contribution is -2.07. The standard InChI is InChI=1S/C10H17N3S/c1-4-8-11-12-9(14)13(8)6-7-5-10(7,2)3/h7H,4-6H2,1-3H3,(H,12,14). The number of rotatable bonds is 3. The maximum atomic E-state index is 5.21. The molecule has 0 bridgehead atoms. The zero-order valence-electron chi connectivity index (χ0n) is 9.00. The predicted octanol–water partition coefficient (Wildman–Crippen LogP) is 2.55. The lowest BCUT2D eigenvalue weighted by Gasteiger charge is -2.06. The van der Waals surface area contributed by atoms with Crippen LogP contribution in [0.3, 0.4) is 0 Å². The first kappa shape index (κ1) is 9.90. The van der Waals surface area contributed by atoms with Gasteiger partial charge in [0, 0.05) is 13.0 Å². The summed E-state index contributed by atoms with van der Waals surface area (Å²) >= 11 is 5.21. The van der Waals surface area contributed by atoms with Crippen LogP contribution in [0, 0.1) is 16.1 Å². The van der Waals surface area contributed by atoms with E-state index in [1.807, 2.05) is 0 Å². The number of hydrogen-bond donors (Lipinski definition) is 1. The monoisotopic (exact) mass is 211 g/mol. The first-order valence-corrected chi connectivity index (χ1v) is 5.59. The third-order valence-electron chi connectivity index (χ3n) is 3.27. The molecular weight excluding hydrogens is 194 g/mol. The summed E-state index contributed by atoms with van der Waals surface area (Å²) in [6.07, 6.45) is 2.25. The lowest BCUT2D eigenvalue weighted by molar-refractivity contribution is 0.487. The number of aromatic amines is 1. The fraction of sp³-hybridized carbons (Fsp3) is 0.800. The second kappa shape index (κ2) is 3.19. The molecule has 1 aliphatic carbocycles. The Balaban J connectivity index is 2.17. The van der Waals surface area contributed by atoms with E-state index in [0.717, 1.165) is 29.5 Å². The molecule has 0 aliphatic heterocycles. The van der Waals surface area contributed by atoms with Crippen LogP contribution in [-0.2, 0) is 13.0 Å². The molecule has 1 heterocycles. The summed E-state index contributed by atoms with van der Waals surface area (Å²) in [6, 6.07) is 0. The molecular formula is C10H17N3S. The van der Waals surface area contributed by atoms with Gasteiger partial charge in [0.15, 0.2) is 4.77 Å². The van der Waals surface area contributed by atoms with Crippen molar-refractivity contribution in [3.63, 3.8) is 0 Å². The molecule has 0 radical (unpaired) electrons. The van der Waals surface area contributed by atoms with Gasteiger partial charge in [0.05, 0.1) is 0 Å². The zero-order valence-corrected chi connectivity index (χ0v) is 9.82. The van der Waals surface area contributed by atoms with Crippen LogP contribution in [0.2, 0.25) is 0 Å². The molecule has 1 aromatic rings. The van der Waals surface area contributed by atoms with Crippen molar-refractivity contribution >= 4 is 12.2 Å². The van der Waals surface area contributed by atoms with Crippen LogP contribution < -0.4 is 0 Å². The van der Waals surface area contributed by atoms with Gasteiger partial charge in [0.25, 0.3) is 0 Å². The summed E-state index contributed by atoms with van der Waals surface area (Å²) in [4.78, 5) is 0. The van der Waals surface area contributed by atoms with Gasteiger partial charge in [-0.15, -0.1) is 0 Å². The summed E-state index contributed by atoms with van der Waals surface area (Å²) < 4.78 is 2.92. The fourth-order valence-corrected chi connectivity index (χ4v) is 2.14. The van der Waals surface area contributed by atoms with Gasteiger partial charge in [-0.25, -0.2) is 0 Å². The number of H-pyrrole nitrogens is 1. The molecule has 1 atom stereocenters. The Labute approximate surface area is 89.5 Å². The molecule has 1 fully saturated rings. The van der Waals surface area contributed by atoms with Gasteiger partial charge in [0.2, 0.25) is 0 Å². The van der Waals surface area contributed by atoms with Crippen LogP contribution in [0.5, 0.6) is 0 Å². The second-order valence-corrected chi connectivity index (χ2v) is 5.19. The summed E-state index contributed by atoms with van der Waals surface area (Å²) in [6.45, 7) is 7.77. The number of nitrogens with one attached hydrogen (secondary N) is 1. The van der Waals surface area contributed by atoms with Crippen LogP contribution in [0.1, 0.15) is 33.0 Å². The Kier molecular flexibility index (Phi) is 2.26. The van der Waals surface area contributed by atoms with Crippen LogP contribution in [0.15, 0.2) is 0 Å². The van der Waals surface area contributed by atoms with Gasteiger partial charge in [0.1, 0.15) is 5.82 Å². The zero-order chi connectivity index (χ0) is 10.3. The normalized spacial score (nSPS) is 23.8. The molecule has 78 valence electrons. The van der Waals surface area contributed by atoms with E-state index in [-0.39, 0.29) is 0 Å². The minimum absolute atomic E-state index is 0.511. The Hall–Kier alpha value is -0.640. The van der Waals surface area contributed by atoms with Crippen molar-refractivity contribution in [3.8, 4) is 0 Å². The molecule has 4 heteroatoms. The predicted molar refractivity (Wildman–Crippen MR) is 58.7 cm³/mol. The molecule has 0 spiro atoms. The second-order valence-electron chi connectivity index (χ2n) is 4.80. The highest BCUT2D eigenvalue weighted by molar-refractivity contribution is 7.71. The summed E-state index contributed by atoms with van der Waals surface area (Å²) in [5.74, 6) is 1.86. The smallest absolute Gasteiger partial charge is 0.195 e. The maximum Gasteiger partial charge on any atom is 0.195 e. The molecule has 1 saturated carbocycles. The fourth-order valence-electron chi connectivity index (χ4n) is 1.92. The van der Waals surface area contributed by atoms with Crippen molar-refractivity contribution < 1.29 is 0 Å². The van der Waals surface area contributed by atoms with Crippen molar-refractivity contribution in [2.75, 3.05) is 0 Å². The van der Waals surface area contributed by atoms with E-state index in [1.54, 1.807) is 0 Å². The highest BCUT2D eigenvalue weighted by Crippen LogP contribution is 2.52. The molecule has 3 nitrogen and oxygen atoms in total. The third kappa shape index (κ3) is 1.63. The van der Waals surface area contributed by atoms with Gasteiger partial charge in [-0.2, -0.15) is 5.10 Å². The molecule has 1 N–H and O–H groups in total. The summed E-state index contributed by atoms with van der Waals surface area (Å²) in [5, 5.41) is 7.07. The highest BCUT2D eigenvalue weighted by Gasteiger charge is 2.45. The van der Waals surface area contributed by atoms with E-state index in [9.17, 15) is 0 Å². The third-order valence-corrected chi connectivity index (χ3v) is 3.59. The maximum absolute atomic E-state index is 5.21. The molecule has 1 aliphatic rings. The largest absolute Gasteiger partial charge is 0.304 e. The van der Waals surface area contributed by atoms with Crippen molar-refractivity contribution in [3.05, 3.63) is 10.6 Å². The van der Waals surface area contributed by atoms with Crippen LogP contribution in [-0.4, -0.2) is 14.8 Å². The van der Waals surface area contributed by atoms with E-state index in [0.29, 0.717) is 5.41 Å². The Morgan fingerprint density at radius 1 is 1.64 bits per heavy atom. The first-order chi connectivity index (χ1) is 6.54. The van der Waals surface area contributed by atoms with E-state index in [1.165, 1.54) is 6.42 Å². The molecule has 0 saturated heterocycles. The van der Waals surface area contributed by atoms with E-state index >= 15 is 0 Å². The number of hydrogen-bond acceptors (Lipinski definition) is 2. The van der Waals surface area contributed by atoms with Crippen LogP contribution >= 0.6 is 12.2 Å². The number of nitrogens with zero attached hydrogens (tertiary/aromatic N) is 2. The van der Waals surface area contributed by atoms with Crippen molar-refractivity contribution in [1.29, 1.82) is 0 Å². The molecule has 0 aromatic carbocycles. The average molecular weight is 211 g/mol. The number of aromatic nitrogens is 3. The molecule has 1 aromatic heterocycles. The minimum Gasteiger partial charge on any atom is -0.304 e. The van der Waals surface area contributed by atoms with E-state index in [2.05, 4.69) is 35.5 Å². The van der Waals surface area contributed by atoms with Gasteiger partial charge in [-0.1, -0.05) is 20.8 Å². The van der Waals surface area contributed by atoms with Crippen molar-refractivity contribution in [2.45, 2.75) is 40.2 Å². The minimum atomic E-state index is 0.511. The molecule has 1 unspecified atom stereocenters. The Bertz CT molecular complexity index is 388. The van der Waals surface area contributed by atoms with Crippen molar-refractivity contribution in [1.82, 2.24) is 14.8 Å². The Morgan fingerprint density at radius 2 is 2.29 bits per heavy atom. The Morgan fingerprint density at radius 3 is 2.79 bits per heavy atom. The van der Waals surface area contributed by atoms with E-state index < -0.39 is 0 Å². The SMILES string of the molecule is CCc1n[nH]c(=S)n1CC1CC1(C)C. The molecule has 0 amide bonds. The van der Waals surface area contributed by atoms with Crippen LogP contribution in [0.4, 0.5) is 0 Å². The van der Waals surface area contributed by atoms with Crippen molar-refractivity contribution in [2.24, 2.45) is 11.3 Å². The topological polar surface area (TPSA) is 33.6 Å². The van der Waals surface area contributed by atoms with Gasteiger partial charge < -0.3 is 4.57 Å². The molecule has 14 heavy (non-hydrogen) atoms. The van der Waals surface area contributed by atoms with Gasteiger partial charge >= 0.3 is 0 Å². The van der Waals surface area contributed by atoms with Crippen LogP contribution in [0.25, 0.3) is 0 Å². The lowest BCUT2D eigenvalue weighted by atomic mass is 10.1. The molecule has 2 rings (SSSR count). The quantitative estimate of drug-likeness (QED) is 0.780. The summed E-state index contributed by atoms with van der Waals surface area (Å²) in [7, 11) is 0. The first-order valence-electron chi connectivity index (χ1n) is 5.18.